The molecule has 4 unspecified atom stereocenters. The van der Waals surface area contributed by atoms with Gasteiger partial charge in [-0.25, -0.2) is 0 Å². The molecule has 0 spiro atoms. The lowest BCUT2D eigenvalue weighted by molar-refractivity contribution is -0.136. The van der Waals surface area contributed by atoms with Gasteiger partial charge in [-0.1, -0.05) is 267 Å². The van der Waals surface area contributed by atoms with E-state index in [0.717, 1.165) is 100 Å². The van der Waals surface area contributed by atoms with E-state index in [-0.39, 0.29) is 45.9 Å². The fourth-order valence-corrected chi connectivity index (χ4v) is 13.3. The molecule has 530 valence electrons. The van der Waals surface area contributed by atoms with Gasteiger partial charge in [-0.3, -0.25) is 14.4 Å². The van der Waals surface area contributed by atoms with Crippen LogP contribution < -0.4 is 14.2 Å². The molecule has 3 N–H and O–H groups in total. The van der Waals surface area contributed by atoms with E-state index in [1.807, 2.05) is 77.9 Å². The Balaban J connectivity index is 1.54. The first-order chi connectivity index (χ1) is 43.7. The van der Waals surface area contributed by atoms with Gasteiger partial charge in [-0.15, -0.1) is 0 Å². The van der Waals surface area contributed by atoms with Gasteiger partial charge in [0.15, 0.2) is 0 Å². The predicted octanol–water partition coefficient (Wildman–Crippen LogP) is 22.9. The molecule has 0 bridgehead atoms. The Bertz CT molecular complexity index is 3680. The summed E-state index contributed by atoms with van der Waals surface area (Å²) in [7, 11) is 0. The monoisotopic (exact) mass is 1320 g/mol. The number of carbonyl (C=O) groups excluding carboxylic acids is 3. The molecule has 0 saturated carbocycles. The van der Waals surface area contributed by atoms with Crippen molar-refractivity contribution in [1.29, 1.82) is 0 Å². The molecule has 0 saturated heterocycles. The minimum atomic E-state index is -0.664. The number of esters is 3. The van der Waals surface area contributed by atoms with E-state index in [9.17, 15) is 29.7 Å². The maximum atomic E-state index is 14.9. The Morgan fingerprint density at radius 2 is 0.464 bits per heavy atom. The van der Waals surface area contributed by atoms with Crippen LogP contribution in [0.1, 0.15) is 351 Å². The van der Waals surface area contributed by atoms with Crippen LogP contribution in [0.15, 0.2) is 72.8 Å². The van der Waals surface area contributed by atoms with Gasteiger partial charge < -0.3 is 29.5 Å². The average molecular weight is 1330 g/mol. The Morgan fingerprint density at radius 3 is 0.660 bits per heavy atom. The first kappa shape index (κ1) is 79.1. The van der Waals surface area contributed by atoms with Crippen molar-refractivity contribution in [3.05, 3.63) is 173 Å². The zero-order valence-electron chi connectivity index (χ0n) is 66.3. The highest BCUT2D eigenvalue weighted by Crippen LogP contribution is 2.50. The van der Waals surface area contributed by atoms with E-state index in [1.54, 1.807) is 0 Å². The van der Waals surface area contributed by atoms with Crippen LogP contribution in [0.4, 0.5) is 0 Å². The first-order valence-electron chi connectivity index (χ1n) is 35.4. The van der Waals surface area contributed by atoms with E-state index >= 15 is 0 Å². The second kappa shape index (κ2) is 27.3. The highest BCUT2D eigenvalue weighted by molar-refractivity contribution is 5.83. The molecule has 9 heteroatoms. The van der Waals surface area contributed by atoms with Crippen molar-refractivity contribution in [2.45, 2.75) is 320 Å². The number of aryl methyl sites for hydroxylation is 3. The second-order valence-electron chi connectivity index (χ2n) is 37.9. The van der Waals surface area contributed by atoms with E-state index in [1.165, 1.54) is 0 Å². The maximum Gasteiger partial charge on any atom is 0.318 e. The van der Waals surface area contributed by atoms with Gasteiger partial charge in [0.2, 0.25) is 0 Å². The number of rotatable bonds is 14. The summed E-state index contributed by atoms with van der Waals surface area (Å²) in [5.74, 6) is -1.11. The molecule has 6 aromatic carbocycles. The summed E-state index contributed by atoms with van der Waals surface area (Å²) in [5.41, 5.74) is 11.5. The summed E-state index contributed by atoms with van der Waals surface area (Å²) in [6, 6.07) is 24.9. The first-order valence-corrected chi connectivity index (χ1v) is 35.4. The van der Waals surface area contributed by atoms with Crippen molar-refractivity contribution < 1.29 is 43.9 Å². The number of carbonyl (C=O) groups is 3. The molecule has 9 nitrogen and oxygen atoms in total. The third-order valence-corrected chi connectivity index (χ3v) is 19.7. The quantitative estimate of drug-likeness (QED) is 0.0718. The molecule has 0 aliphatic rings. The molecule has 6 aromatic rings. The number of phenols is 3. The van der Waals surface area contributed by atoms with Gasteiger partial charge in [0.05, 0.1) is 17.8 Å². The minimum absolute atomic E-state index is 0.0758. The Kier molecular flexibility index (Phi) is 22.3. The number of benzene rings is 6. The van der Waals surface area contributed by atoms with Gasteiger partial charge in [0.1, 0.15) is 34.5 Å². The Morgan fingerprint density at radius 1 is 0.289 bits per heavy atom. The lowest BCUT2D eigenvalue weighted by atomic mass is 9.75. The van der Waals surface area contributed by atoms with Gasteiger partial charge in [0.25, 0.3) is 0 Å². The standard InChI is InChI=1S/C88H124O9/c1-48(55-35-49(2)74(68(39-55)86(26,27)28)95-77(92)52(5)56-40-62(80(8,9)10)71(89)63(41-56)81(11,12)13)38-61(59-36-50(3)75(69(46-59)87(29,30)31)96-78(93)53(6)57-42-64(82(14,15)16)72(90)65(43-57)83(17,18)19)60-37-51(4)76(70(47-60)88(32,33)34)97-79(94)54(7)58-44-66(84(20,21)22)73(91)67(45-58)85(23,24)25/h35-37,39-48,52-54,61,89-91H,38H2,1-34H3. The van der Waals surface area contributed by atoms with Gasteiger partial charge in [0, 0.05) is 22.6 Å². The van der Waals surface area contributed by atoms with Crippen molar-refractivity contribution in [1.82, 2.24) is 0 Å². The molecular formula is C88H124O9. The molecule has 0 fully saturated rings. The largest absolute Gasteiger partial charge is 0.507 e. The maximum absolute atomic E-state index is 14.9. The molecular weight excluding hydrogens is 1200 g/mol. The van der Waals surface area contributed by atoms with Gasteiger partial charge in [-0.05, 0) is 186 Å². The van der Waals surface area contributed by atoms with Crippen molar-refractivity contribution >= 4 is 17.9 Å². The van der Waals surface area contributed by atoms with Crippen LogP contribution in [0.2, 0.25) is 0 Å². The SMILES string of the molecule is Cc1cc(C(C)CC(c2cc(C)c(OC(=O)C(C)c3cc(C(C)(C)C)c(O)c(C(C)(C)C)c3)c(C(C)(C)C)c2)c2cc(C)c(OC(=O)C(C)c3cc(C(C)(C)C)c(O)c(C(C)(C)C)c3)c(C(C)(C)C)c2)cc(C(C)(C)C)c1OC(=O)C(C)c1cc(C(C)(C)C)c(O)c(C(C)(C)C)c1. The normalized spacial score (nSPS) is 14.8. The highest BCUT2D eigenvalue weighted by Gasteiger charge is 2.37. The number of phenolic OH excluding ortho intramolecular Hbond substituents is 3. The summed E-state index contributed by atoms with van der Waals surface area (Å²) in [5, 5.41) is 34.9. The van der Waals surface area contributed by atoms with Crippen LogP contribution in [0.3, 0.4) is 0 Å². The van der Waals surface area contributed by atoms with E-state index in [2.05, 4.69) is 230 Å². The van der Waals surface area contributed by atoms with Gasteiger partial charge >= 0.3 is 17.9 Å². The third-order valence-electron chi connectivity index (χ3n) is 19.7. The molecule has 0 radical (unpaired) electrons. The third kappa shape index (κ3) is 17.8. The molecule has 0 aliphatic carbocycles. The fraction of sp³-hybridized carbons (Fsp3) is 0.557. The summed E-state index contributed by atoms with van der Waals surface area (Å²) in [6.07, 6.45) is 0.630. The van der Waals surface area contributed by atoms with Crippen molar-refractivity contribution in [3.8, 4) is 34.5 Å². The number of ether oxygens (including phenoxy) is 3. The summed E-state index contributed by atoms with van der Waals surface area (Å²) in [4.78, 5) is 44.4. The van der Waals surface area contributed by atoms with Crippen molar-refractivity contribution in [2.75, 3.05) is 0 Å². The molecule has 0 aromatic heterocycles. The van der Waals surface area contributed by atoms with Crippen molar-refractivity contribution in [3.63, 3.8) is 0 Å². The van der Waals surface area contributed by atoms with E-state index in [4.69, 9.17) is 14.2 Å². The zero-order chi connectivity index (χ0) is 74.3. The van der Waals surface area contributed by atoms with Gasteiger partial charge in [-0.2, -0.15) is 0 Å². The van der Waals surface area contributed by atoms with Crippen LogP contribution >= 0.6 is 0 Å². The molecule has 97 heavy (non-hydrogen) atoms. The summed E-state index contributed by atoms with van der Waals surface area (Å²) in [6.45, 7) is 70.6. The van der Waals surface area contributed by atoms with Crippen LogP contribution in [0.5, 0.6) is 34.5 Å². The fourth-order valence-electron chi connectivity index (χ4n) is 13.3. The molecule has 0 amide bonds. The molecule has 0 aliphatic heterocycles. The Labute approximate surface area is 586 Å². The number of hydrogen-bond acceptors (Lipinski definition) is 9. The molecule has 0 heterocycles. The average Bonchev–Trinajstić information content (AvgIpc) is 0.780. The summed E-state index contributed by atoms with van der Waals surface area (Å²) < 4.78 is 20.0. The van der Waals surface area contributed by atoms with Crippen LogP contribution in [-0.2, 0) is 63.1 Å². The molecule has 6 rings (SSSR count). The predicted molar refractivity (Wildman–Crippen MR) is 403 cm³/mol. The van der Waals surface area contributed by atoms with Crippen LogP contribution in [-0.4, -0.2) is 33.2 Å². The van der Waals surface area contributed by atoms with Crippen molar-refractivity contribution in [2.24, 2.45) is 0 Å². The number of hydrogen-bond donors (Lipinski definition) is 3. The van der Waals surface area contributed by atoms with E-state index < -0.39 is 67.6 Å². The van der Waals surface area contributed by atoms with E-state index in [0.29, 0.717) is 23.7 Å². The van der Waals surface area contributed by atoms with Crippen LogP contribution in [0.25, 0.3) is 0 Å². The minimum Gasteiger partial charge on any atom is -0.507 e. The lowest BCUT2D eigenvalue weighted by Crippen LogP contribution is -2.24. The lowest BCUT2D eigenvalue weighted by Gasteiger charge is -2.32. The molecule has 4 atom stereocenters. The number of aromatic hydroxyl groups is 3. The zero-order valence-corrected chi connectivity index (χ0v) is 66.3. The van der Waals surface area contributed by atoms with Crippen LogP contribution in [0, 0.1) is 20.8 Å². The topological polar surface area (TPSA) is 140 Å². The second-order valence-corrected chi connectivity index (χ2v) is 37.9. The summed E-state index contributed by atoms with van der Waals surface area (Å²) >= 11 is 0. The highest BCUT2D eigenvalue weighted by atomic mass is 16.5. The smallest absolute Gasteiger partial charge is 0.318 e. The Hall–Kier alpha value is -6.87.